The molecular formula is C12H12ClN3. The first kappa shape index (κ1) is 10.8. The maximum atomic E-state index is 5.93. The molecule has 0 aliphatic rings. The molecule has 4 heteroatoms. The lowest BCUT2D eigenvalue weighted by Crippen LogP contribution is -1.95. The van der Waals surface area contributed by atoms with Crippen LogP contribution in [-0.2, 0) is 0 Å². The van der Waals surface area contributed by atoms with E-state index < -0.39 is 0 Å². The summed E-state index contributed by atoms with van der Waals surface area (Å²) in [5, 5.41) is 3.93. The van der Waals surface area contributed by atoms with Crippen LogP contribution in [0.2, 0.25) is 5.02 Å². The van der Waals surface area contributed by atoms with Crippen LogP contribution in [0, 0.1) is 6.92 Å². The zero-order valence-electron chi connectivity index (χ0n) is 8.87. The van der Waals surface area contributed by atoms with Crippen molar-refractivity contribution < 1.29 is 0 Å². The zero-order chi connectivity index (χ0) is 11.5. The van der Waals surface area contributed by atoms with Crippen LogP contribution in [0.15, 0.2) is 36.7 Å². The quantitative estimate of drug-likeness (QED) is 0.836. The van der Waals surface area contributed by atoms with Crippen molar-refractivity contribution >= 4 is 28.7 Å². The zero-order valence-corrected chi connectivity index (χ0v) is 9.62. The van der Waals surface area contributed by atoms with E-state index in [1.54, 1.807) is 12.4 Å². The number of nitrogens with one attached hydrogen (secondary N) is 1. The molecule has 0 spiro atoms. The molecule has 0 fully saturated rings. The number of benzene rings is 1. The third kappa shape index (κ3) is 2.44. The number of aromatic nitrogens is 1. The second kappa shape index (κ2) is 4.41. The Hall–Kier alpha value is -1.74. The Labute approximate surface area is 99.3 Å². The lowest BCUT2D eigenvalue weighted by atomic mass is 10.2. The molecule has 0 bridgehead atoms. The van der Waals surface area contributed by atoms with Gasteiger partial charge in [0.1, 0.15) is 0 Å². The van der Waals surface area contributed by atoms with Gasteiger partial charge >= 0.3 is 0 Å². The predicted octanol–water partition coefficient (Wildman–Crippen LogP) is 3.37. The van der Waals surface area contributed by atoms with Gasteiger partial charge in [0, 0.05) is 16.9 Å². The van der Waals surface area contributed by atoms with Crippen LogP contribution in [0.1, 0.15) is 5.56 Å². The molecule has 2 aromatic rings. The van der Waals surface area contributed by atoms with Gasteiger partial charge in [-0.1, -0.05) is 17.7 Å². The van der Waals surface area contributed by atoms with Gasteiger partial charge in [0.05, 0.1) is 17.6 Å². The number of anilines is 3. The minimum absolute atomic E-state index is 0.629. The van der Waals surface area contributed by atoms with Gasteiger partial charge in [0.15, 0.2) is 0 Å². The monoisotopic (exact) mass is 233 g/mol. The van der Waals surface area contributed by atoms with Crippen molar-refractivity contribution in [2.45, 2.75) is 6.92 Å². The SMILES string of the molecule is Cc1ccc(Cl)cc1Nc1cncc(N)c1. The molecule has 0 saturated carbocycles. The number of halogens is 1. The molecule has 0 amide bonds. The summed E-state index contributed by atoms with van der Waals surface area (Å²) in [6.07, 6.45) is 3.33. The van der Waals surface area contributed by atoms with Crippen molar-refractivity contribution in [2.75, 3.05) is 11.1 Å². The number of pyridine rings is 1. The lowest BCUT2D eigenvalue weighted by Gasteiger charge is -2.09. The van der Waals surface area contributed by atoms with Gasteiger partial charge in [-0.25, -0.2) is 0 Å². The molecule has 0 unspecified atom stereocenters. The van der Waals surface area contributed by atoms with E-state index >= 15 is 0 Å². The van der Waals surface area contributed by atoms with Crippen LogP contribution in [0.3, 0.4) is 0 Å². The summed E-state index contributed by atoms with van der Waals surface area (Å²) in [6.45, 7) is 2.01. The van der Waals surface area contributed by atoms with Crippen molar-refractivity contribution in [3.8, 4) is 0 Å². The summed E-state index contributed by atoms with van der Waals surface area (Å²) >= 11 is 5.93. The number of rotatable bonds is 2. The summed E-state index contributed by atoms with van der Waals surface area (Å²) in [7, 11) is 0. The first-order valence-corrected chi connectivity index (χ1v) is 5.26. The minimum atomic E-state index is 0.629. The second-order valence-corrected chi connectivity index (χ2v) is 4.03. The van der Waals surface area contributed by atoms with Crippen LogP contribution >= 0.6 is 11.6 Å². The van der Waals surface area contributed by atoms with Gasteiger partial charge in [-0.15, -0.1) is 0 Å². The average Bonchev–Trinajstić information content (AvgIpc) is 2.24. The van der Waals surface area contributed by atoms with E-state index in [4.69, 9.17) is 17.3 Å². The summed E-state index contributed by atoms with van der Waals surface area (Å²) in [6, 6.07) is 7.53. The largest absolute Gasteiger partial charge is 0.397 e. The first-order chi connectivity index (χ1) is 7.65. The van der Waals surface area contributed by atoms with E-state index in [9.17, 15) is 0 Å². The maximum Gasteiger partial charge on any atom is 0.0591 e. The molecule has 1 aromatic carbocycles. The third-order valence-corrected chi connectivity index (χ3v) is 2.47. The summed E-state index contributed by atoms with van der Waals surface area (Å²) in [5.74, 6) is 0. The highest BCUT2D eigenvalue weighted by atomic mass is 35.5. The first-order valence-electron chi connectivity index (χ1n) is 4.89. The Bertz CT molecular complexity index is 511. The fraction of sp³-hybridized carbons (Fsp3) is 0.0833. The Balaban J connectivity index is 2.30. The molecule has 0 aliphatic carbocycles. The molecule has 1 heterocycles. The number of nitrogens with two attached hydrogens (primary N) is 1. The van der Waals surface area contributed by atoms with Gasteiger partial charge in [-0.2, -0.15) is 0 Å². The fourth-order valence-corrected chi connectivity index (χ4v) is 1.58. The maximum absolute atomic E-state index is 5.93. The number of nitrogens with zero attached hydrogens (tertiary/aromatic N) is 1. The number of nitrogen functional groups attached to an aromatic ring is 1. The molecule has 3 nitrogen and oxygen atoms in total. The molecule has 1 aromatic heterocycles. The molecule has 0 saturated heterocycles. The van der Waals surface area contributed by atoms with Crippen LogP contribution in [-0.4, -0.2) is 4.98 Å². The van der Waals surface area contributed by atoms with Crippen molar-refractivity contribution in [1.82, 2.24) is 4.98 Å². The lowest BCUT2D eigenvalue weighted by molar-refractivity contribution is 1.32. The summed E-state index contributed by atoms with van der Waals surface area (Å²) < 4.78 is 0. The molecule has 0 radical (unpaired) electrons. The predicted molar refractivity (Wildman–Crippen MR) is 68.1 cm³/mol. The van der Waals surface area contributed by atoms with Gasteiger partial charge in [-0.3, -0.25) is 4.98 Å². The standard InChI is InChI=1S/C12H12ClN3/c1-8-2-3-9(13)4-12(8)16-11-5-10(14)6-15-7-11/h2-7,16H,14H2,1H3. The van der Waals surface area contributed by atoms with Crippen molar-refractivity contribution in [3.05, 3.63) is 47.2 Å². The molecule has 0 aliphatic heterocycles. The average molecular weight is 234 g/mol. The van der Waals surface area contributed by atoms with Gasteiger partial charge in [-0.05, 0) is 30.7 Å². The summed E-state index contributed by atoms with van der Waals surface area (Å²) in [4.78, 5) is 4.01. The molecular weight excluding hydrogens is 222 g/mol. The van der Waals surface area contributed by atoms with E-state index in [0.29, 0.717) is 10.7 Å². The Morgan fingerprint density at radius 2 is 2.06 bits per heavy atom. The van der Waals surface area contributed by atoms with E-state index in [-0.39, 0.29) is 0 Å². The van der Waals surface area contributed by atoms with Crippen molar-refractivity contribution in [2.24, 2.45) is 0 Å². The second-order valence-electron chi connectivity index (χ2n) is 3.59. The fourth-order valence-electron chi connectivity index (χ4n) is 1.41. The van der Waals surface area contributed by atoms with Gasteiger partial charge < -0.3 is 11.1 Å². The molecule has 16 heavy (non-hydrogen) atoms. The Kier molecular flexibility index (Phi) is 2.97. The minimum Gasteiger partial charge on any atom is -0.397 e. The number of hydrogen-bond acceptors (Lipinski definition) is 3. The molecule has 2 rings (SSSR count). The van der Waals surface area contributed by atoms with E-state index in [2.05, 4.69) is 10.3 Å². The van der Waals surface area contributed by atoms with Gasteiger partial charge in [0.25, 0.3) is 0 Å². The molecule has 82 valence electrons. The van der Waals surface area contributed by atoms with Crippen molar-refractivity contribution in [1.29, 1.82) is 0 Å². The van der Waals surface area contributed by atoms with Crippen LogP contribution in [0.25, 0.3) is 0 Å². The smallest absolute Gasteiger partial charge is 0.0591 e. The van der Waals surface area contributed by atoms with Crippen LogP contribution in [0.5, 0.6) is 0 Å². The van der Waals surface area contributed by atoms with Crippen molar-refractivity contribution in [3.63, 3.8) is 0 Å². The van der Waals surface area contributed by atoms with Crippen LogP contribution < -0.4 is 11.1 Å². The van der Waals surface area contributed by atoms with E-state index in [1.165, 1.54) is 0 Å². The van der Waals surface area contributed by atoms with Crippen LogP contribution in [0.4, 0.5) is 17.1 Å². The molecule has 0 atom stereocenters. The highest BCUT2D eigenvalue weighted by Crippen LogP contribution is 2.24. The van der Waals surface area contributed by atoms with E-state index in [0.717, 1.165) is 16.9 Å². The van der Waals surface area contributed by atoms with E-state index in [1.807, 2.05) is 31.2 Å². The number of aryl methyl sites for hydroxylation is 1. The highest BCUT2D eigenvalue weighted by Gasteiger charge is 2.00. The molecule has 3 N–H and O–H groups in total. The number of hydrogen-bond donors (Lipinski definition) is 2. The topological polar surface area (TPSA) is 50.9 Å². The Morgan fingerprint density at radius 1 is 1.25 bits per heavy atom. The highest BCUT2D eigenvalue weighted by molar-refractivity contribution is 6.30. The van der Waals surface area contributed by atoms with Gasteiger partial charge in [0.2, 0.25) is 0 Å². The normalized spacial score (nSPS) is 10.1. The summed E-state index contributed by atoms with van der Waals surface area (Å²) in [5.41, 5.74) is 9.21. The Morgan fingerprint density at radius 3 is 2.81 bits per heavy atom. The third-order valence-electron chi connectivity index (χ3n) is 2.24.